The highest BCUT2D eigenvalue weighted by molar-refractivity contribution is 7.80. The van der Waals surface area contributed by atoms with Crippen LogP contribution in [0, 0.1) is 5.92 Å². The Morgan fingerprint density at radius 3 is 2.37 bits per heavy atom. The number of nitrogens with two attached hydrogens (primary N) is 2. The second-order valence-electron chi connectivity index (χ2n) is 7.89. The zero-order valence-corrected chi connectivity index (χ0v) is 18.6. The quantitative estimate of drug-likeness (QED) is 0.167. The number of hydrogen-bond acceptors (Lipinski definition) is 7. The normalized spacial score (nSPS) is 19.3. The molecular formula is C19H35N5O5S. The van der Waals surface area contributed by atoms with Crippen molar-refractivity contribution < 1.29 is 24.3 Å². The predicted molar refractivity (Wildman–Crippen MR) is 116 cm³/mol. The summed E-state index contributed by atoms with van der Waals surface area (Å²) in [7, 11) is 0. The molecule has 0 bridgehead atoms. The summed E-state index contributed by atoms with van der Waals surface area (Å²) < 4.78 is 0. The molecule has 1 aliphatic rings. The number of aliphatic carboxylic acids is 1. The van der Waals surface area contributed by atoms with E-state index in [0.717, 1.165) is 0 Å². The molecule has 4 atom stereocenters. The molecule has 10 nitrogen and oxygen atoms in total. The van der Waals surface area contributed by atoms with Crippen molar-refractivity contribution in [3.05, 3.63) is 0 Å². The van der Waals surface area contributed by atoms with Crippen LogP contribution in [0.4, 0.5) is 0 Å². The molecule has 0 aliphatic carbocycles. The number of likely N-dealkylation sites (tertiary alicyclic amines) is 1. The van der Waals surface area contributed by atoms with Gasteiger partial charge < -0.3 is 32.1 Å². The van der Waals surface area contributed by atoms with Gasteiger partial charge in [0, 0.05) is 12.3 Å². The summed E-state index contributed by atoms with van der Waals surface area (Å²) in [5, 5.41) is 14.2. The second-order valence-corrected chi connectivity index (χ2v) is 8.25. The van der Waals surface area contributed by atoms with Crippen LogP contribution in [0.2, 0.25) is 0 Å². The number of nitrogens with zero attached hydrogens (tertiary/aromatic N) is 1. The van der Waals surface area contributed by atoms with Gasteiger partial charge in [-0.1, -0.05) is 13.8 Å². The number of hydrogen-bond donors (Lipinski definition) is 6. The van der Waals surface area contributed by atoms with E-state index >= 15 is 0 Å². The number of nitrogens with one attached hydrogen (secondary N) is 2. The molecule has 30 heavy (non-hydrogen) atoms. The van der Waals surface area contributed by atoms with E-state index < -0.39 is 42.0 Å². The average molecular weight is 446 g/mol. The predicted octanol–water partition coefficient (Wildman–Crippen LogP) is -0.926. The topological polar surface area (TPSA) is 168 Å². The highest BCUT2D eigenvalue weighted by Crippen LogP contribution is 2.20. The minimum absolute atomic E-state index is 0.0641. The summed E-state index contributed by atoms with van der Waals surface area (Å²) in [6, 6.07) is -3.49. The Bertz CT molecular complexity index is 618. The monoisotopic (exact) mass is 445 g/mol. The lowest BCUT2D eigenvalue weighted by Gasteiger charge is -2.29. The maximum absolute atomic E-state index is 12.9. The Morgan fingerprint density at radius 2 is 1.83 bits per heavy atom. The molecule has 1 heterocycles. The Hall–Kier alpha value is -1.85. The van der Waals surface area contributed by atoms with Crippen LogP contribution in [0.25, 0.3) is 0 Å². The van der Waals surface area contributed by atoms with Gasteiger partial charge >= 0.3 is 5.97 Å². The third-order valence-corrected chi connectivity index (χ3v) is 5.58. The number of carboxylic acid groups (broad SMARTS) is 1. The first-order valence-corrected chi connectivity index (χ1v) is 11.0. The van der Waals surface area contributed by atoms with Gasteiger partial charge in [-0.2, -0.15) is 12.6 Å². The minimum Gasteiger partial charge on any atom is -0.480 e. The van der Waals surface area contributed by atoms with Gasteiger partial charge in [-0.25, -0.2) is 4.79 Å². The van der Waals surface area contributed by atoms with E-state index in [9.17, 15) is 19.2 Å². The summed E-state index contributed by atoms with van der Waals surface area (Å²) in [4.78, 5) is 50.8. The van der Waals surface area contributed by atoms with Gasteiger partial charge in [-0.05, 0) is 44.6 Å². The van der Waals surface area contributed by atoms with E-state index in [1.807, 2.05) is 13.8 Å². The average Bonchev–Trinajstić information content (AvgIpc) is 3.19. The summed E-state index contributed by atoms with van der Waals surface area (Å²) in [5.74, 6) is -2.68. The van der Waals surface area contributed by atoms with Crippen LogP contribution in [0.1, 0.15) is 46.0 Å². The smallest absolute Gasteiger partial charge is 0.327 e. The lowest BCUT2D eigenvalue weighted by Crippen LogP contribution is -2.57. The van der Waals surface area contributed by atoms with Crippen LogP contribution in [0.5, 0.6) is 0 Å². The first-order valence-electron chi connectivity index (χ1n) is 10.3. The van der Waals surface area contributed by atoms with Crippen LogP contribution in [-0.2, 0) is 19.2 Å². The van der Waals surface area contributed by atoms with Gasteiger partial charge in [0.05, 0.1) is 6.04 Å². The fraction of sp³-hybridized carbons (Fsp3) is 0.789. The Morgan fingerprint density at radius 1 is 1.17 bits per heavy atom. The summed E-state index contributed by atoms with van der Waals surface area (Å²) in [5.41, 5.74) is 11.5. The van der Waals surface area contributed by atoms with E-state index in [2.05, 4.69) is 23.3 Å². The molecule has 172 valence electrons. The molecule has 0 saturated carbocycles. The Labute approximate surface area is 182 Å². The van der Waals surface area contributed by atoms with Gasteiger partial charge in [0.15, 0.2) is 0 Å². The molecule has 1 aliphatic heterocycles. The number of thiol groups is 1. The maximum atomic E-state index is 12.9. The van der Waals surface area contributed by atoms with Crippen molar-refractivity contribution in [3.8, 4) is 0 Å². The molecule has 3 amide bonds. The molecule has 11 heteroatoms. The van der Waals surface area contributed by atoms with Crippen molar-refractivity contribution in [3.63, 3.8) is 0 Å². The number of carbonyl (C=O) groups excluding carboxylic acids is 3. The fourth-order valence-corrected chi connectivity index (χ4v) is 3.51. The first-order chi connectivity index (χ1) is 14.1. The number of amides is 3. The maximum Gasteiger partial charge on any atom is 0.327 e. The fourth-order valence-electron chi connectivity index (χ4n) is 3.27. The third kappa shape index (κ3) is 7.44. The first kappa shape index (κ1) is 26.2. The number of carboxylic acids is 1. The largest absolute Gasteiger partial charge is 0.480 e. The standard InChI is InChI=1S/C19H35N5O5S/c1-11(2)15(21)18(27)24-9-5-7-14(24)17(26)22-12(6-3-4-8-20)16(25)23-13(10-30)19(28)29/h11-15,30H,3-10,20-21H2,1-2H3,(H,22,26)(H,23,25)(H,28,29)/t12-,13-,14-,15-/m0/s1. The molecule has 0 aromatic rings. The lowest BCUT2D eigenvalue weighted by molar-refractivity contribution is -0.142. The molecule has 0 radical (unpaired) electrons. The SMILES string of the molecule is CC(C)[C@H](N)C(=O)N1CCC[C@H]1C(=O)N[C@@H](CCCCN)C(=O)N[C@@H](CS)C(=O)O. The summed E-state index contributed by atoms with van der Waals surface area (Å²) in [6.45, 7) is 4.55. The minimum atomic E-state index is -1.21. The zero-order valence-electron chi connectivity index (χ0n) is 17.7. The third-order valence-electron chi connectivity index (χ3n) is 5.22. The molecule has 7 N–H and O–H groups in total. The van der Waals surface area contributed by atoms with Gasteiger partial charge in [0.2, 0.25) is 17.7 Å². The molecule has 0 spiro atoms. The molecular weight excluding hydrogens is 410 g/mol. The highest BCUT2D eigenvalue weighted by atomic mass is 32.1. The second kappa shape index (κ2) is 12.8. The zero-order chi connectivity index (χ0) is 22.8. The Balaban J connectivity index is 2.88. The number of carbonyl (C=O) groups is 4. The van der Waals surface area contributed by atoms with Gasteiger partial charge in [-0.15, -0.1) is 0 Å². The van der Waals surface area contributed by atoms with Crippen LogP contribution >= 0.6 is 12.6 Å². The summed E-state index contributed by atoms with van der Waals surface area (Å²) in [6.07, 6.45) is 2.69. The van der Waals surface area contributed by atoms with Gasteiger partial charge in [-0.3, -0.25) is 14.4 Å². The van der Waals surface area contributed by atoms with Crippen LogP contribution in [-0.4, -0.2) is 76.7 Å². The van der Waals surface area contributed by atoms with Crippen molar-refractivity contribution in [1.29, 1.82) is 0 Å². The van der Waals surface area contributed by atoms with E-state index in [-0.39, 0.29) is 17.6 Å². The van der Waals surface area contributed by atoms with E-state index in [4.69, 9.17) is 16.6 Å². The van der Waals surface area contributed by atoms with E-state index in [1.54, 1.807) is 0 Å². The highest BCUT2D eigenvalue weighted by Gasteiger charge is 2.38. The van der Waals surface area contributed by atoms with E-state index in [1.165, 1.54) is 4.90 Å². The van der Waals surface area contributed by atoms with Gasteiger partial charge in [0.1, 0.15) is 18.1 Å². The number of unbranched alkanes of at least 4 members (excludes halogenated alkanes) is 1. The molecule has 0 unspecified atom stereocenters. The van der Waals surface area contributed by atoms with E-state index in [0.29, 0.717) is 45.2 Å². The molecule has 0 aromatic heterocycles. The molecule has 1 rings (SSSR count). The molecule has 1 saturated heterocycles. The molecule has 0 aromatic carbocycles. The summed E-state index contributed by atoms with van der Waals surface area (Å²) >= 11 is 3.94. The van der Waals surface area contributed by atoms with Crippen molar-refractivity contribution in [2.24, 2.45) is 17.4 Å². The van der Waals surface area contributed by atoms with Crippen molar-refractivity contribution in [2.45, 2.75) is 70.1 Å². The molecule has 1 fully saturated rings. The Kier molecular flexibility index (Phi) is 11.1. The van der Waals surface area contributed by atoms with Crippen LogP contribution in [0.3, 0.4) is 0 Å². The number of rotatable bonds is 12. The van der Waals surface area contributed by atoms with Crippen molar-refractivity contribution in [2.75, 3.05) is 18.8 Å². The van der Waals surface area contributed by atoms with Crippen molar-refractivity contribution in [1.82, 2.24) is 15.5 Å². The lowest BCUT2D eigenvalue weighted by atomic mass is 10.0. The van der Waals surface area contributed by atoms with Crippen LogP contribution in [0.15, 0.2) is 0 Å². The van der Waals surface area contributed by atoms with Crippen molar-refractivity contribution >= 4 is 36.3 Å². The van der Waals surface area contributed by atoms with Crippen LogP contribution < -0.4 is 22.1 Å². The van der Waals surface area contributed by atoms with Gasteiger partial charge in [0.25, 0.3) is 0 Å².